The summed E-state index contributed by atoms with van der Waals surface area (Å²) in [4.78, 5) is 22.7. The van der Waals surface area contributed by atoms with Crippen LogP contribution in [0.3, 0.4) is 0 Å². The van der Waals surface area contributed by atoms with Gasteiger partial charge in [0.25, 0.3) is 0 Å². The number of methoxy groups -OCH3 is 1. The van der Waals surface area contributed by atoms with Crippen LogP contribution in [0.25, 0.3) is 10.9 Å². The molecule has 2 aromatic rings. The smallest absolute Gasteiger partial charge is 0.170 e. The molecule has 0 radical (unpaired) electrons. The molecular formula is C16H18N4O2S. The first kappa shape index (κ1) is 15.6. The molecule has 7 heteroatoms. The number of fused-ring (bicyclic) bond motifs is 1. The number of ketones is 1. The monoisotopic (exact) mass is 330 g/mol. The highest BCUT2D eigenvalue weighted by Gasteiger charge is 2.19. The number of aliphatic imine (C=N–C) groups is 2. The summed E-state index contributed by atoms with van der Waals surface area (Å²) in [7, 11) is 1.67. The summed E-state index contributed by atoms with van der Waals surface area (Å²) in [6.07, 6.45) is 2.87. The summed E-state index contributed by atoms with van der Waals surface area (Å²) in [6.45, 7) is 2.44. The second kappa shape index (κ2) is 6.87. The van der Waals surface area contributed by atoms with E-state index < -0.39 is 0 Å². The number of thioether (sulfide) groups is 1. The third kappa shape index (κ3) is 3.73. The Kier molecular flexibility index (Phi) is 4.66. The fraction of sp³-hybridized carbons (Fsp3) is 0.312. The highest BCUT2D eigenvalue weighted by molar-refractivity contribution is 8.29. The fourth-order valence-corrected chi connectivity index (χ4v) is 2.89. The van der Waals surface area contributed by atoms with Crippen LogP contribution in [0.2, 0.25) is 0 Å². The van der Waals surface area contributed by atoms with Crippen molar-refractivity contribution in [3.8, 4) is 5.75 Å². The predicted molar refractivity (Wildman–Crippen MR) is 94.6 cm³/mol. The van der Waals surface area contributed by atoms with Crippen LogP contribution in [-0.4, -0.2) is 41.3 Å². The maximum absolute atomic E-state index is 10.8. The molecule has 1 aromatic carbocycles. The van der Waals surface area contributed by atoms with E-state index in [1.165, 1.54) is 29.6 Å². The lowest BCUT2D eigenvalue weighted by molar-refractivity contribution is -0.115. The van der Waals surface area contributed by atoms with Crippen LogP contribution in [0.4, 0.5) is 0 Å². The molecule has 1 saturated heterocycles. The Morgan fingerprint density at radius 3 is 2.83 bits per heavy atom. The minimum Gasteiger partial charge on any atom is -0.497 e. The number of hydrogen-bond donors (Lipinski definition) is 2. The number of benzene rings is 1. The molecule has 0 aliphatic carbocycles. The number of carbonyl (C=O) groups is 1. The van der Waals surface area contributed by atoms with Crippen molar-refractivity contribution in [1.29, 1.82) is 0 Å². The molecule has 2 N–H and O–H groups in total. The zero-order chi connectivity index (χ0) is 16.2. The van der Waals surface area contributed by atoms with Gasteiger partial charge in [-0.15, -0.1) is 0 Å². The SMILES string of the molecule is COc1ccc2[nH]cc(CCN=C3NC(=NCC(C)=O)S3)c2c1. The minimum atomic E-state index is 0.0556. The summed E-state index contributed by atoms with van der Waals surface area (Å²) in [5.41, 5.74) is 2.32. The van der Waals surface area contributed by atoms with Gasteiger partial charge in [-0.1, -0.05) is 0 Å². The van der Waals surface area contributed by atoms with E-state index in [-0.39, 0.29) is 12.3 Å². The lowest BCUT2D eigenvalue weighted by atomic mass is 10.1. The van der Waals surface area contributed by atoms with Gasteiger partial charge in [-0.25, -0.2) is 0 Å². The Morgan fingerprint density at radius 1 is 1.30 bits per heavy atom. The van der Waals surface area contributed by atoms with Gasteiger partial charge in [0.05, 0.1) is 7.11 Å². The van der Waals surface area contributed by atoms with Gasteiger partial charge < -0.3 is 15.0 Å². The second-order valence-corrected chi connectivity index (χ2v) is 6.19. The summed E-state index contributed by atoms with van der Waals surface area (Å²) in [5.74, 6) is 0.909. The van der Waals surface area contributed by atoms with E-state index in [1.807, 2.05) is 24.4 Å². The van der Waals surface area contributed by atoms with Gasteiger partial charge in [-0.3, -0.25) is 14.8 Å². The van der Waals surface area contributed by atoms with E-state index in [9.17, 15) is 4.79 Å². The number of aromatic amines is 1. The van der Waals surface area contributed by atoms with Crippen molar-refractivity contribution in [3.63, 3.8) is 0 Å². The lowest BCUT2D eigenvalue weighted by Crippen LogP contribution is -2.39. The highest BCUT2D eigenvalue weighted by Crippen LogP contribution is 2.24. The van der Waals surface area contributed by atoms with E-state index in [1.54, 1.807) is 7.11 Å². The number of hydrogen-bond acceptors (Lipinski definition) is 5. The van der Waals surface area contributed by atoms with E-state index in [4.69, 9.17) is 4.74 Å². The van der Waals surface area contributed by atoms with Crippen LogP contribution in [-0.2, 0) is 11.2 Å². The Balaban J connectivity index is 1.57. The molecule has 0 bridgehead atoms. The van der Waals surface area contributed by atoms with Gasteiger partial charge in [0.15, 0.2) is 16.1 Å². The van der Waals surface area contributed by atoms with Crippen LogP contribution < -0.4 is 10.1 Å². The van der Waals surface area contributed by atoms with Crippen LogP contribution in [0.15, 0.2) is 34.4 Å². The number of H-pyrrole nitrogens is 1. The van der Waals surface area contributed by atoms with Crippen molar-refractivity contribution in [2.24, 2.45) is 9.98 Å². The summed E-state index contributed by atoms with van der Waals surface area (Å²) >= 11 is 1.47. The molecule has 0 unspecified atom stereocenters. The van der Waals surface area contributed by atoms with E-state index in [2.05, 4.69) is 20.3 Å². The maximum Gasteiger partial charge on any atom is 0.170 e. The summed E-state index contributed by atoms with van der Waals surface area (Å²) < 4.78 is 5.28. The zero-order valence-electron chi connectivity index (χ0n) is 13.0. The van der Waals surface area contributed by atoms with Crippen molar-refractivity contribution in [1.82, 2.24) is 10.3 Å². The minimum absolute atomic E-state index is 0.0556. The number of ether oxygens (including phenoxy) is 1. The van der Waals surface area contributed by atoms with Crippen molar-refractivity contribution in [2.45, 2.75) is 13.3 Å². The average Bonchev–Trinajstić information content (AvgIpc) is 2.90. The van der Waals surface area contributed by atoms with Gasteiger partial charge in [-0.2, -0.15) is 0 Å². The van der Waals surface area contributed by atoms with E-state index >= 15 is 0 Å². The highest BCUT2D eigenvalue weighted by atomic mass is 32.2. The normalized spacial score (nSPS) is 17.3. The molecule has 0 spiro atoms. The van der Waals surface area contributed by atoms with Gasteiger partial charge in [0, 0.05) is 23.6 Å². The second-order valence-electron chi connectivity index (χ2n) is 5.21. The number of nitrogens with zero attached hydrogens (tertiary/aromatic N) is 2. The van der Waals surface area contributed by atoms with Gasteiger partial charge in [-0.05, 0) is 48.9 Å². The number of rotatable bonds is 6. The van der Waals surface area contributed by atoms with Crippen LogP contribution in [0.1, 0.15) is 12.5 Å². The Bertz CT molecular complexity index is 784. The molecular weight excluding hydrogens is 312 g/mol. The molecule has 23 heavy (non-hydrogen) atoms. The fourth-order valence-electron chi connectivity index (χ4n) is 2.28. The topological polar surface area (TPSA) is 78.8 Å². The number of Topliss-reactive ketones (excluding diaryl/α,β-unsaturated/α-hetero) is 1. The van der Waals surface area contributed by atoms with Crippen LogP contribution in [0, 0.1) is 0 Å². The molecule has 0 saturated carbocycles. The lowest BCUT2D eigenvalue weighted by Gasteiger charge is -2.19. The van der Waals surface area contributed by atoms with Gasteiger partial charge in [0.2, 0.25) is 0 Å². The maximum atomic E-state index is 10.8. The van der Waals surface area contributed by atoms with Crippen molar-refractivity contribution < 1.29 is 9.53 Å². The van der Waals surface area contributed by atoms with Crippen molar-refractivity contribution >= 4 is 38.8 Å². The van der Waals surface area contributed by atoms with Gasteiger partial charge >= 0.3 is 0 Å². The molecule has 1 aliphatic heterocycles. The molecule has 3 rings (SSSR count). The third-order valence-electron chi connectivity index (χ3n) is 3.46. The average molecular weight is 330 g/mol. The number of aromatic nitrogens is 1. The first-order valence-corrected chi connectivity index (χ1v) is 8.14. The molecule has 1 aliphatic rings. The zero-order valence-corrected chi connectivity index (χ0v) is 13.9. The first-order chi connectivity index (χ1) is 11.2. The molecule has 1 fully saturated rings. The molecule has 0 atom stereocenters. The Morgan fingerprint density at radius 2 is 2.09 bits per heavy atom. The predicted octanol–water partition coefficient (Wildman–Crippen LogP) is 2.36. The molecule has 6 nitrogen and oxygen atoms in total. The first-order valence-electron chi connectivity index (χ1n) is 7.33. The summed E-state index contributed by atoms with van der Waals surface area (Å²) in [5, 5.41) is 5.83. The third-order valence-corrected chi connectivity index (χ3v) is 4.31. The van der Waals surface area contributed by atoms with Crippen molar-refractivity contribution in [2.75, 3.05) is 20.2 Å². The van der Waals surface area contributed by atoms with Crippen LogP contribution in [0.5, 0.6) is 5.75 Å². The van der Waals surface area contributed by atoms with Gasteiger partial charge in [0.1, 0.15) is 12.3 Å². The standard InChI is InChI=1S/C16H18N4O2S/c1-10(21)8-19-16-20-15(23-16)17-6-5-11-9-18-14-4-3-12(22-2)7-13(11)14/h3-4,7,9,18H,5-6,8H2,1-2H3,(H,17,19,20). The Labute approximate surface area is 138 Å². The van der Waals surface area contributed by atoms with Crippen LogP contribution >= 0.6 is 11.8 Å². The largest absolute Gasteiger partial charge is 0.497 e. The Hall–Kier alpha value is -2.28. The van der Waals surface area contributed by atoms with E-state index in [0.29, 0.717) is 6.54 Å². The summed E-state index contributed by atoms with van der Waals surface area (Å²) in [6, 6.07) is 6.00. The number of carbonyl (C=O) groups excluding carboxylic acids is 1. The molecule has 120 valence electrons. The number of nitrogens with one attached hydrogen (secondary N) is 2. The molecule has 0 amide bonds. The van der Waals surface area contributed by atoms with E-state index in [0.717, 1.165) is 28.0 Å². The molecule has 2 heterocycles. The molecule has 1 aromatic heterocycles. The van der Waals surface area contributed by atoms with Crippen molar-refractivity contribution in [3.05, 3.63) is 30.0 Å². The quantitative estimate of drug-likeness (QED) is 0.852. The number of amidine groups is 2.